The zero-order valence-corrected chi connectivity index (χ0v) is 11.8. The lowest BCUT2D eigenvalue weighted by Gasteiger charge is -2.26. The van der Waals surface area contributed by atoms with E-state index in [1.165, 1.54) is 12.1 Å². The van der Waals surface area contributed by atoms with Gasteiger partial charge in [-0.15, -0.1) is 0 Å². The second-order valence-electron chi connectivity index (χ2n) is 4.97. The minimum absolute atomic E-state index is 0.00270. The van der Waals surface area contributed by atoms with E-state index < -0.39 is 16.0 Å². The van der Waals surface area contributed by atoms with Gasteiger partial charge in [-0.25, -0.2) is 17.9 Å². The number of rotatable bonds is 4. The van der Waals surface area contributed by atoms with Gasteiger partial charge >= 0.3 is 5.97 Å². The maximum absolute atomic E-state index is 12.3. The fraction of sp³-hybridized carbons (Fsp3) is 0.462. The van der Waals surface area contributed by atoms with Crippen LogP contribution < -0.4 is 4.72 Å². The van der Waals surface area contributed by atoms with E-state index in [0.29, 0.717) is 11.1 Å². The Morgan fingerprint density at radius 2 is 1.95 bits per heavy atom. The van der Waals surface area contributed by atoms with Gasteiger partial charge in [0.1, 0.15) is 0 Å². The minimum Gasteiger partial charge on any atom is -0.478 e. The average molecular weight is 283 g/mol. The Balaban J connectivity index is 2.44. The molecule has 104 valence electrons. The highest BCUT2D eigenvalue weighted by Crippen LogP contribution is 2.25. The first-order valence-electron chi connectivity index (χ1n) is 6.18. The summed E-state index contributed by atoms with van der Waals surface area (Å²) in [4.78, 5) is 11.1. The van der Waals surface area contributed by atoms with Crippen molar-refractivity contribution in [1.29, 1.82) is 0 Å². The molecule has 0 unspecified atom stereocenters. The van der Waals surface area contributed by atoms with E-state index in [1.807, 2.05) is 0 Å². The minimum atomic E-state index is -3.64. The van der Waals surface area contributed by atoms with Crippen LogP contribution in [0.2, 0.25) is 0 Å². The monoisotopic (exact) mass is 283 g/mol. The zero-order chi connectivity index (χ0) is 14.2. The van der Waals surface area contributed by atoms with Crippen LogP contribution >= 0.6 is 0 Å². The lowest BCUT2D eigenvalue weighted by atomic mass is 9.94. The number of carboxylic acids is 1. The predicted octanol–water partition coefficient (Wildman–Crippen LogP) is 1.83. The lowest BCUT2D eigenvalue weighted by molar-refractivity contribution is 0.0696. The fourth-order valence-corrected chi connectivity index (χ4v) is 3.69. The molecule has 1 saturated carbocycles. The molecule has 6 heteroatoms. The van der Waals surface area contributed by atoms with Crippen LogP contribution in [0.1, 0.15) is 40.7 Å². The largest absolute Gasteiger partial charge is 0.478 e. The Bertz CT molecular complexity index is 618. The number of carboxylic acid groups (broad SMARTS) is 1. The van der Waals surface area contributed by atoms with Gasteiger partial charge in [0.05, 0.1) is 10.5 Å². The highest BCUT2D eigenvalue weighted by molar-refractivity contribution is 7.89. The molecule has 5 nitrogen and oxygen atoms in total. The number of hydrogen-bond donors (Lipinski definition) is 2. The molecule has 0 aliphatic heterocycles. The van der Waals surface area contributed by atoms with Crippen molar-refractivity contribution in [2.75, 3.05) is 0 Å². The molecule has 0 saturated heterocycles. The molecular formula is C13H17NO4S. The second kappa shape index (κ2) is 4.94. The summed E-state index contributed by atoms with van der Waals surface area (Å²) in [6, 6.07) is 2.70. The maximum atomic E-state index is 12.3. The van der Waals surface area contributed by atoms with Gasteiger partial charge in [0.25, 0.3) is 0 Å². The van der Waals surface area contributed by atoms with Crippen LogP contribution in [-0.2, 0) is 10.0 Å². The molecule has 1 aromatic carbocycles. The maximum Gasteiger partial charge on any atom is 0.335 e. The Morgan fingerprint density at radius 3 is 2.42 bits per heavy atom. The molecule has 0 aromatic heterocycles. The zero-order valence-electron chi connectivity index (χ0n) is 10.9. The first kappa shape index (κ1) is 14.0. The van der Waals surface area contributed by atoms with Gasteiger partial charge in [0.2, 0.25) is 10.0 Å². The first-order chi connectivity index (χ1) is 8.81. The predicted molar refractivity (Wildman–Crippen MR) is 70.8 cm³/mol. The van der Waals surface area contributed by atoms with Crippen LogP contribution in [0.25, 0.3) is 0 Å². The van der Waals surface area contributed by atoms with Gasteiger partial charge in [-0.1, -0.05) is 6.42 Å². The topological polar surface area (TPSA) is 83.5 Å². The molecule has 2 rings (SSSR count). The highest BCUT2D eigenvalue weighted by atomic mass is 32.2. The molecule has 1 aliphatic carbocycles. The van der Waals surface area contributed by atoms with Crippen LogP contribution in [0, 0.1) is 13.8 Å². The fourth-order valence-electron chi connectivity index (χ4n) is 2.04. The van der Waals surface area contributed by atoms with Gasteiger partial charge in [0, 0.05) is 6.04 Å². The van der Waals surface area contributed by atoms with E-state index in [0.717, 1.165) is 19.3 Å². The van der Waals surface area contributed by atoms with Gasteiger partial charge in [-0.3, -0.25) is 0 Å². The van der Waals surface area contributed by atoms with E-state index in [9.17, 15) is 13.2 Å². The Morgan fingerprint density at radius 1 is 1.32 bits per heavy atom. The van der Waals surface area contributed by atoms with Crippen LogP contribution in [0.5, 0.6) is 0 Å². The number of hydrogen-bond acceptors (Lipinski definition) is 3. The molecule has 0 amide bonds. The number of carbonyl (C=O) groups is 1. The third-order valence-electron chi connectivity index (χ3n) is 3.58. The third-order valence-corrected chi connectivity index (χ3v) is 5.23. The lowest BCUT2D eigenvalue weighted by Crippen LogP contribution is -2.39. The van der Waals surface area contributed by atoms with E-state index in [2.05, 4.69) is 4.72 Å². The number of benzene rings is 1. The SMILES string of the molecule is Cc1cc(C(=O)O)cc(S(=O)(=O)NC2CCC2)c1C. The molecule has 0 bridgehead atoms. The molecule has 1 aromatic rings. The summed E-state index contributed by atoms with van der Waals surface area (Å²) in [6.07, 6.45) is 2.71. The summed E-state index contributed by atoms with van der Waals surface area (Å²) >= 11 is 0. The molecule has 1 fully saturated rings. The summed E-state index contributed by atoms with van der Waals surface area (Å²) in [5.74, 6) is -1.12. The number of nitrogens with one attached hydrogen (secondary N) is 1. The summed E-state index contributed by atoms with van der Waals surface area (Å²) in [5.41, 5.74) is 1.25. The number of aryl methyl sites for hydroxylation is 1. The standard InChI is InChI=1S/C13H17NO4S/c1-8-6-10(13(15)16)7-12(9(8)2)19(17,18)14-11-4-3-5-11/h6-7,11,14H,3-5H2,1-2H3,(H,15,16). The van der Waals surface area contributed by atoms with Crippen LogP contribution in [-0.4, -0.2) is 25.5 Å². The molecule has 19 heavy (non-hydrogen) atoms. The summed E-state index contributed by atoms with van der Waals surface area (Å²) in [7, 11) is -3.64. The Kier molecular flexibility index (Phi) is 3.64. The van der Waals surface area contributed by atoms with Gasteiger partial charge < -0.3 is 5.11 Å². The van der Waals surface area contributed by atoms with Crippen molar-refractivity contribution in [3.05, 3.63) is 28.8 Å². The summed E-state index contributed by atoms with van der Waals surface area (Å²) in [5, 5.41) is 9.01. The average Bonchev–Trinajstić information content (AvgIpc) is 2.27. The van der Waals surface area contributed by atoms with E-state index in [1.54, 1.807) is 13.8 Å². The van der Waals surface area contributed by atoms with Crippen molar-refractivity contribution in [3.63, 3.8) is 0 Å². The van der Waals surface area contributed by atoms with Gasteiger partial charge in [0.15, 0.2) is 0 Å². The quantitative estimate of drug-likeness (QED) is 0.883. The third kappa shape index (κ3) is 2.79. The molecule has 0 heterocycles. The first-order valence-corrected chi connectivity index (χ1v) is 7.66. The van der Waals surface area contributed by atoms with Crippen LogP contribution in [0.15, 0.2) is 17.0 Å². The Hall–Kier alpha value is -1.40. The molecule has 1 aliphatic rings. The smallest absolute Gasteiger partial charge is 0.335 e. The van der Waals surface area contributed by atoms with Crippen molar-refractivity contribution >= 4 is 16.0 Å². The molecule has 0 spiro atoms. The van der Waals surface area contributed by atoms with E-state index in [4.69, 9.17) is 5.11 Å². The van der Waals surface area contributed by atoms with Gasteiger partial charge in [-0.05, 0) is 49.9 Å². The highest BCUT2D eigenvalue weighted by Gasteiger charge is 2.27. The van der Waals surface area contributed by atoms with E-state index >= 15 is 0 Å². The molecule has 2 N–H and O–H groups in total. The van der Waals surface area contributed by atoms with Crippen molar-refractivity contribution < 1.29 is 18.3 Å². The van der Waals surface area contributed by atoms with Crippen molar-refractivity contribution in [1.82, 2.24) is 4.72 Å². The normalized spacial score (nSPS) is 16.1. The molecule has 0 radical (unpaired) electrons. The molecular weight excluding hydrogens is 266 g/mol. The summed E-state index contributed by atoms with van der Waals surface area (Å²) < 4.78 is 27.2. The number of aromatic carboxylic acids is 1. The number of sulfonamides is 1. The second-order valence-corrected chi connectivity index (χ2v) is 6.65. The molecule has 0 atom stereocenters. The van der Waals surface area contributed by atoms with Crippen LogP contribution in [0.3, 0.4) is 0 Å². The van der Waals surface area contributed by atoms with Crippen molar-refractivity contribution in [2.45, 2.75) is 44.0 Å². The van der Waals surface area contributed by atoms with Crippen LogP contribution in [0.4, 0.5) is 0 Å². The summed E-state index contributed by atoms with van der Waals surface area (Å²) in [6.45, 7) is 3.40. The van der Waals surface area contributed by atoms with Crippen molar-refractivity contribution in [2.24, 2.45) is 0 Å². The Labute approximate surface area is 112 Å². The van der Waals surface area contributed by atoms with E-state index in [-0.39, 0.29) is 16.5 Å². The van der Waals surface area contributed by atoms with Crippen molar-refractivity contribution in [3.8, 4) is 0 Å². The van der Waals surface area contributed by atoms with Gasteiger partial charge in [-0.2, -0.15) is 0 Å².